The van der Waals surface area contributed by atoms with Gasteiger partial charge in [-0.3, -0.25) is 0 Å². The molecule has 72 valence electrons. The predicted octanol–water partition coefficient (Wildman–Crippen LogP) is 3.46. The first-order valence-corrected chi connectivity index (χ1v) is 5.89. The Morgan fingerprint density at radius 2 is 2.54 bits per heavy atom. The SMILES string of the molecule is CCC1(C)CNC1c1cc(Cl)cs1. The summed E-state index contributed by atoms with van der Waals surface area (Å²) in [6.45, 7) is 5.72. The minimum Gasteiger partial charge on any atom is -0.308 e. The lowest BCUT2D eigenvalue weighted by molar-refractivity contribution is 0.102. The molecule has 1 aromatic rings. The van der Waals surface area contributed by atoms with E-state index in [1.807, 2.05) is 5.38 Å². The standard InChI is InChI=1S/C10H14ClNS/c1-3-10(2)6-12-9(10)8-4-7(11)5-13-8/h4-5,9,12H,3,6H2,1-2H3. The van der Waals surface area contributed by atoms with Crippen molar-refractivity contribution in [1.29, 1.82) is 0 Å². The van der Waals surface area contributed by atoms with E-state index in [1.165, 1.54) is 11.3 Å². The average molecular weight is 216 g/mol. The first-order chi connectivity index (χ1) is 6.15. The zero-order valence-electron chi connectivity index (χ0n) is 7.93. The molecule has 0 aliphatic carbocycles. The van der Waals surface area contributed by atoms with Crippen LogP contribution in [-0.2, 0) is 0 Å². The number of halogens is 1. The molecule has 1 saturated heterocycles. The van der Waals surface area contributed by atoms with Crippen LogP contribution in [0.1, 0.15) is 31.2 Å². The van der Waals surface area contributed by atoms with Gasteiger partial charge in [-0.2, -0.15) is 0 Å². The van der Waals surface area contributed by atoms with E-state index in [4.69, 9.17) is 11.6 Å². The van der Waals surface area contributed by atoms with Crippen molar-refractivity contribution in [3.05, 3.63) is 21.3 Å². The van der Waals surface area contributed by atoms with Crippen LogP contribution in [-0.4, -0.2) is 6.54 Å². The van der Waals surface area contributed by atoms with Gasteiger partial charge in [0.25, 0.3) is 0 Å². The summed E-state index contributed by atoms with van der Waals surface area (Å²) in [4.78, 5) is 1.38. The fraction of sp³-hybridized carbons (Fsp3) is 0.600. The highest BCUT2D eigenvalue weighted by molar-refractivity contribution is 7.10. The second kappa shape index (κ2) is 3.26. The van der Waals surface area contributed by atoms with Gasteiger partial charge in [0, 0.05) is 28.3 Å². The van der Waals surface area contributed by atoms with Crippen LogP contribution in [0.2, 0.25) is 5.02 Å². The summed E-state index contributed by atoms with van der Waals surface area (Å²) in [5.41, 5.74) is 0.439. The molecule has 0 radical (unpaired) electrons. The average Bonchev–Trinajstić information content (AvgIpc) is 2.48. The van der Waals surface area contributed by atoms with Crippen LogP contribution in [0.4, 0.5) is 0 Å². The summed E-state index contributed by atoms with van der Waals surface area (Å²) in [5.74, 6) is 0. The van der Waals surface area contributed by atoms with Crippen molar-refractivity contribution in [2.24, 2.45) is 5.41 Å². The van der Waals surface area contributed by atoms with Gasteiger partial charge in [-0.25, -0.2) is 0 Å². The summed E-state index contributed by atoms with van der Waals surface area (Å²) in [5, 5.41) is 6.34. The third kappa shape index (κ3) is 1.51. The number of hydrogen-bond acceptors (Lipinski definition) is 2. The van der Waals surface area contributed by atoms with E-state index in [-0.39, 0.29) is 0 Å². The maximum Gasteiger partial charge on any atom is 0.0516 e. The van der Waals surface area contributed by atoms with Crippen LogP contribution in [0, 0.1) is 5.41 Å². The largest absolute Gasteiger partial charge is 0.308 e. The quantitative estimate of drug-likeness (QED) is 0.797. The third-order valence-corrected chi connectivity index (χ3v) is 4.43. The Labute approximate surface area is 88.1 Å². The van der Waals surface area contributed by atoms with Crippen LogP contribution >= 0.6 is 22.9 Å². The van der Waals surface area contributed by atoms with Crippen LogP contribution in [0.3, 0.4) is 0 Å². The smallest absolute Gasteiger partial charge is 0.0516 e. The molecule has 1 aliphatic rings. The molecule has 0 saturated carbocycles. The Hall–Kier alpha value is -0.0500. The molecule has 2 heterocycles. The number of thiophene rings is 1. The van der Waals surface area contributed by atoms with Crippen molar-refractivity contribution in [2.75, 3.05) is 6.54 Å². The van der Waals surface area contributed by atoms with E-state index in [0.717, 1.165) is 11.6 Å². The fourth-order valence-electron chi connectivity index (χ4n) is 1.81. The molecule has 0 aromatic carbocycles. The van der Waals surface area contributed by atoms with Crippen LogP contribution in [0.15, 0.2) is 11.4 Å². The third-order valence-electron chi connectivity index (χ3n) is 3.09. The van der Waals surface area contributed by atoms with Gasteiger partial charge in [-0.05, 0) is 12.5 Å². The lowest BCUT2D eigenvalue weighted by atomic mass is 9.72. The van der Waals surface area contributed by atoms with Crippen molar-refractivity contribution >= 4 is 22.9 Å². The molecule has 0 spiro atoms. The molecule has 1 N–H and O–H groups in total. The minimum absolute atomic E-state index is 0.439. The van der Waals surface area contributed by atoms with Crippen LogP contribution in [0.5, 0.6) is 0 Å². The zero-order valence-corrected chi connectivity index (χ0v) is 9.50. The predicted molar refractivity (Wildman–Crippen MR) is 58.5 cm³/mol. The molecule has 1 nitrogen and oxygen atoms in total. The Bertz CT molecular complexity index is 306. The maximum absolute atomic E-state index is 5.90. The van der Waals surface area contributed by atoms with E-state index < -0.39 is 0 Å². The molecule has 0 bridgehead atoms. The maximum atomic E-state index is 5.90. The lowest BCUT2D eigenvalue weighted by Crippen LogP contribution is -2.53. The first kappa shape index (κ1) is 9.50. The van der Waals surface area contributed by atoms with Crippen molar-refractivity contribution in [3.63, 3.8) is 0 Å². The molecule has 2 unspecified atom stereocenters. The zero-order chi connectivity index (χ0) is 9.47. The lowest BCUT2D eigenvalue weighted by Gasteiger charge is -2.47. The minimum atomic E-state index is 0.439. The van der Waals surface area contributed by atoms with E-state index in [0.29, 0.717) is 11.5 Å². The molecule has 2 rings (SSSR count). The molecular formula is C10H14ClNS. The van der Waals surface area contributed by atoms with E-state index >= 15 is 0 Å². The van der Waals surface area contributed by atoms with E-state index in [9.17, 15) is 0 Å². The summed E-state index contributed by atoms with van der Waals surface area (Å²) >= 11 is 7.66. The molecule has 1 aromatic heterocycles. The molecular weight excluding hydrogens is 202 g/mol. The Morgan fingerprint density at radius 3 is 2.92 bits per heavy atom. The van der Waals surface area contributed by atoms with E-state index in [2.05, 4.69) is 25.2 Å². The molecule has 1 aliphatic heterocycles. The normalized spacial score (nSPS) is 33.0. The van der Waals surface area contributed by atoms with Gasteiger partial charge in [0.1, 0.15) is 0 Å². The summed E-state index contributed by atoms with van der Waals surface area (Å²) in [7, 11) is 0. The number of rotatable bonds is 2. The summed E-state index contributed by atoms with van der Waals surface area (Å²) in [6, 6.07) is 2.60. The van der Waals surface area contributed by atoms with E-state index in [1.54, 1.807) is 11.3 Å². The van der Waals surface area contributed by atoms with Gasteiger partial charge in [0.2, 0.25) is 0 Å². The van der Waals surface area contributed by atoms with Gasteiger partial charge >= 0.3 is 0 Å². The second-order valence-corrected chi connectivity index (χ2v) is 5.37. The van der Waals surface area contributed by atoms with Crippen molar-refractivity contribution in [3.8, 4) is 0 Å². The van der Waals surface area contributed by atoms with Crippen LogP contribution < -0.4 is 5.32 Å². The monoisotopic (exact) mass is 215 g/mol. The highest BCUT2D eigenvalue weighted by Gasteiger charge is 2.42. The van der Waals surface area contributed by atoms with Gasteiger partial charge in [-0.1, -0.05) is 25.4 Å². The number of hydrogen-bond donors (Lipinski definition) is 1. The van der Waals surface area contributed by atoms with Crippen molar-refractivity contribution in [1.82, 2.24) is 5.32 Å². The molecule has 1 fully saturated rings. The van der Waals surface area contributed by atoms with Gasteiger partial charge in [0.05, 0.1) is 5.02 Å². The van der Waals surface area contributed by atoms with Crippen LogP contribution in [0.25, 0.3) is 0 Å². The fourth-order valence-corrected chi connectivity index (χ4v) is 3.14. The van der Waals surface area contributed by atoms with Gasteiger partial charge in [-0.15, -0.1) is 11.3 Å². The highest BCUT2D eigenvalue weighted by Crippen LogP contribution is 2.45. The summed E-state index contributed by atoms with van der Waals surface area (Å²) in [6.07, 6.45) is 1.22. The van der Waals surface area contributed by atoms with Crippen molar-refractivity contribution in [2.45, 2.75) is 26.3 Å². The number of nitrogens with one attached hydrogen (secondary N) is 1. The second-order valence-electron chi connectivity index (χ2n) is 3.99. The Morgan fingerprint density at radius 1 is 1.77 bits per heavy atom. The molecule has 13 heavy (non-hydrogen) atoms. The first-order valence-electron chi connectivity index (χ1n) is 4.63. The Kier molecular flexibility index (Phi) is 2.39. The van der Waals surface area contributed by atoms with Crippen molar-refractivity contribution < 1.29 is 0 Å². The molecule has 0 amide bonds. The highest BCUT2D eigenvalue weighted by atomic mass is 35.5. The summed E-state index contributed by atoms with van der Waals surface area (Å²) < 4.78 is 0. The molecule has 3 heteroatoms. The topological polar surface area (TPSA) is 12.0 Å². The van der Waals surface area contributed by atoms with Gasteiger partial charge < -0.3 is 5.32 Å². The Balaban J connectivity index is 2.19. The molecule has 2 atom stereocenters. The van der Waals surface area contributed by atoms with Gasteiger partial charge in [0.15, 0.2) is 0 Å².